The molecule has 0 saturated carbocycles. The molecule has 12 nitrogen and oxygen atoms in total. The quantitative estimate of drug-likeness (QED) is 0.215. The molecule has 0 heterocycles. The van der Waals surface area contributed by atoms with Gasteiger partial charge in [0.25, 0.3) is 0 Å². The van der Waals surface area contributed by atoms with Gasteiger partial charge < -0.3 is 0 Å². The van der Waals surface area contributed by atoms with Crippen LogP contribution in [0, 0.1) is 23.7 Å². The fourth-order valence-corrected chi connectivity index (χ4v) is 7.06. The van der Waals surface area contributed by atoms with Crippen molar-refractivity contribution >= 4 is 43.9 Å². The van der Waals surface area contributed by atoms with Gasteiger partial charge >= 0.3 is 202 Å². The fraction of sp³-hybridized carbons (Fsp3) is 0.800. The Kier molecular flexibility index (Phi) is 12.8. The van der Waals surface area contributed by atoms with E-state index in [0.29, 0.717) is 0 Å². The van der Waals surface area contributed by atoms with Gasteiger partial charge in [-0.05, 0) is 0 Å². The van der Waals surface area contributed by atoms with E-state index in [1.165, 1.54) is 0 Å². The average molecular weight is 583 g/mol. The second kappa shape index (κ2) is 13.4. The molecule has 0 rings (SSSR count). The van der Waals surface area contributed by atoms with Crippen LogP contribution < -0.4 is 22.9 Å². The van der Waals surface area contributed by atoms with Crippen molar-refractivity contribution in [1.82, 2.24) is 0 Å². The summed E-state index contributed by atoms with van der Waals surface area (Å²) in [6, 6.07) is -4.75. The molecular formula is C20H40N4O8Sn. The van der Waals surface area contributed by atoms with Gasteiger partial charge in [-0.15, -0.1) is 0 Å². The van der Waals surface area contributed by atoms with Gasteiger partial charge in [0.15, 0.2) is 0 Å². The molecule has 4 atom stereocenters. The third-order valence-electron chi connectivity index (χ3n) is 4.86. The molecule has 0 saturated heterocycles. The van der Waals surface area contributed by atoms with Gasteiger partial charge in [-0.3, -0.25) is 0 Å². The van der Waals surface area contributed by atoms with E-state index in [4.69, 9.17) is 35.2 Å². The van der Waals surface area contributed by atoms with Crippen LogP contribution in [0.2, 0.25) is 0 Å². The number of hydrogen-bond acceptors (Lipinski definition) is 12. The third kappa shape index (κ3) is 9.73. The van der Waals surface area contributed by atoms with E-state index in [-0.39, 0.29) is 0 Å². The summed E-state index contributed by atoms with van der Waals surface area (Å²) in [4.78, 5) is 50.8. The summed E-state index contributed by atoms with van der Waals surface area (Å²) in [6.45, 7) is 13.2. The summed E-state index contributed by atoms with van der Waals surface area (Å²) in [5, 5.41) is 0. The monoisotopic (exact) mass is 584 g/mol. The Morgan fingerprint density at radius 3 is 0.727 bits per heavy atom. The number of rotatable bonds is 12. The molecular weight excluding hydrogens is 543 g/mol. The van der Waals surface area contributed by atoms with E-state index in [0.717, 1.165) is 0 Å². The zero-order chi connectivity index (χ0) is 26.3. The van der Waals surface area contributed by atoms with Crippen molar-refractivity contribution in [3.05, 3.63) is 0 Å². The van der Waals surface area contributed by atoms with Crippen LogP contribution in [-0.4, -0.2) is 68.1 Å². The Hall–Kier alpha value is -1.48. The molecule has 0 bridgehead atoms. The van der Waals surface area contributed by atoms with Crippen molar-refractivity contribution in [2.45, 2.75) is 79.6 Å². The predicted octanol–water partition coefficient (Wildman–Crippen LogP) is -0.472. The number of carbonyl (C=O) groups is 4. The first-order chi connectivity index (χ1) is 15.0. The normalized spacial score (nSPS) is 17.2. The first kappa shape index (κ1) is 31.5. The Balaban J connectivity index is 6.45. The van der Waals surface area contributed by atoms with Gasteiger partial charge in [-0.2, -0.15) is 0 Å². The molecule has 13 heteroatoms. The molecule has 0 aliphatic heterocycles. The van der Waals surface area contributed by atoms with Crippen molar-refractivity contribution in [3.8, 4) is 0 Å². The van der Waals surface area contributed by atoms with Crippen molar-refractivity contribution < 1.29 is 31.5 Å². The van der Waals surface area contributed by atoms with E-state index in [1.807, 2.05) is 0 Å². The summed E-state index contributed by atoms with van der Waals surface area (Å²) < 4.78 is 21.3. The maximum absolute atomic E-state index is 12.7. The molecule has 0 fully saturated rings. The summed E-state index contributed by atoms with van der Waals surface area (Å²) in [5.41, 5.74) is 23.4. The third-order valence-corrected chi connectivity index (χ3v) is 10.0. The van der Waals surface area contributed by atoms with Gasteiger partial charge in [-0.25, -0.2) is 0 Å². The SMILES string of the molecule is CC(C)C(N)C(=O)[O][Sn]([O]C(=O)C(N)C(C)C)([O]C(=O)C(N)C(C)C)[O]C(=O)C(N)C(C)C. The van der Waals surface area contributed by atoms with Crippen LogP contribution in [0.1, 0.15) is 55.4 Å². The van der Waals surface area contributed by atoms with Crippen LogP contribution in [0.4, 0.5) is 0 Å². The molecule has 4 unspecified atom stereocenters. The molecule has 0 aromatic carbocycles. The molecule has 33 heavy (non-hydrogen) atoms. The van der Waals surface area contributed by atoms with Crippen LogP contribution >= 0.6 is 0 Å². The molecule has 0 aromatic rings. The first-order valence-electron chi connectivity index (χ1n) is 10.9. The molecule has 192 valence electrons. The molecule has 0 aliphatic rings. The Morgan fingerprint density at radius 1 is 0.455 bits per heavy atom. The second-order valence-electron chi connectivity index (χ2n) is 9.26. The number of nitrogens with two attached hydrogens (primary N) is 4. The van der Waals surface area contributed by atoms with Crippen molar-refractivity contribution in [2.75, 3.05) is 0 Å². The Labute approximate surface area is 201 Å². The minimum absolute atomic E-state index is 0.391. The standard InChI is InChI=1S/4C5H11NO2.Sn/c4*1-3(2)4(6)5(7)8;/h4*3-4H,6H2,1-2H3,(H,7,8);/q;;;;+4/p-4. The average Bonchev–Trinajstić information content (AvgIpc) is 2.70. The summed E-state index contributed by atoms with van der Waals surface area (Å²) in [7, 11) is 0. The van der Waals surface area contributed by atoms with Crippen LogP contribution in [0.5, 0.6) is 0 Å². The van der Waals surface area contributed by atoms with E-state index >= 15 is 0 Å². The van der Waals surface area contributed by atoms with Crippen LogP contribution in [-0.2, 0) is 31.5 Å². The van der Waals surface area contributed by atoms with Gasteiger partial charge in [-0.1, -0.05) is 0 Å². The molecule has 8 N–H and O–H groups in total. The topological polar surface area (TPSA) is 209 Å². The van der Waals surface area contributed by atoms with Crippen LogP contribution in [0.15, 0.2) is 0 Å². The first-order valence-corrected chi connectivity index (χ1v) is 15.6. The Bertz CT molecular complexity index is 584. The summed E-state index contributed by atoms with van der Waals surface area (Å²) in [5.74, 6) is -5.89. The number of carbonyl (C=O) groups excluding carboxylic acids is 4. The van der Waals surface area contributed by atoms with Gasteiger partial charge in [0.2, 0.25) is 0 Å². The van der Waals surface area contributed by atoms with Gasteiger partial charge in [0, 0.05) is 0 Å². The van der Waals surface area contributed by atoms with Gasteiger partial charge in [0.1, 0.15) is 0 Å². The van der Waals surface area contributed by atoms with Crippen LogP contribution in [0.3, 0.4) is 0 Å². The molecule has 0 radical (unpaired) electrons. The van der Waals surface area contributed by atoms with Crippen molar-refractivity contribution in [1.29, 1.82) is 0 Å². The van der Waals surface area contributed by atoms with E-state index in [1.54, 1.807) is 55.4 Å². The Morgan fingerprint density at radius 2 is 0.606 bits per heavy atom. The minimum atomic E-state index is -6.19. The van der Waals surface area contributed by atoms with E-state index < -0.39 is 91.7 Å². The van der Waals surface area contributed by atoms with Crippen LogP contribution in [0.25, 0.3) is 0 Å². The van der Waals surface area contributed by atoms with Gasteiger partial charge in [0.05, 0.1) is 0 Å². The van der Waals surface area contributed by atoms with Crippen molar-refractivity contribution in [2.24, 2.45) is 46.6 Å². The molecule has 0 spiro atoms. The fourth-order valence-electron chi connectivity index (χ4n) is 1.98. The molecule has 0 aliphatic carbocycles. The summed E-state index contributed by atoms with van der Waals surface area (Å²) >= 11 is -6.19. The zero-order valence-electron chi connectivity index (χ0n) is 20.7. The molecule has 0 amide bonds. The van der Waals surface area contributed by atoms with Crippen molar-refractivity contribution in [3.63, 3.8) is 0 Å². The number of hydrogen-bond donors (Lipinski definition) is 4. The second-order valence-corrected chi connectivity index (χ2v) is 14.4. The summed E-state index contributed by atoms with van der Waals surface area (Å²) in [6.07, 6.45) is 0. The zero-order valence-corrected chi connectivity index (χ0v) is 23.5. The van der Waals surface area contributed by atoms with E-state index in [2.05, 4.69) is 0 Å². The van der Waals surface area contributed by atoms with E-state index in [9.17, 15) is 19.2 Å². The molecule has 0 aromatic heterocycles. The maximum atomic E-state index is 12.7. The predicted molar refractivity (Wildman–Crippen MR) is 121 cm³/mol.